The summed E-state index contributed by atoms with van der Waals surface area (Å²) >= 11 is 0. The van der Waals surface area contributed by atoms with E-state index in [-0.39, 0.29) is 0 Å². The Bertz CT molecular complexity index is 523. The first-order chi connectivity index (χ1) is 8.81. The van der Waals surface area contributed by atoms with Gasteiger partial charge in [0.1, 0.15) is 5.78 Å². The van der Waals surface area contributed by atoms with Crippen LogP contribution >= 0.6 is 0 Å². The summed E-state index contributed by atoms with van der Waals surface area (Å²) in [4.78, 5) is 11.5. The van der Waals surface area contributed by atoms with Crippen LogP contribution in [0.15, 0.2) is 42.5 Å². The van der Waals surface area contributed by atoms with Gasteiger partial charge in [-0.2, -0.15) is 0 Å². The van der Waals surface area contributed by atoms with E-state index in [4.69, 9.17) is 0 Å². The van der Waals surface area contributed by atoms with Crippen molar-refractivity contribution in [3.63, 3.8) is 0 Å². The molecule has 2 aromatic carbocycles. The lowest BCUT2D eigenvalue weighted by atomic mass is 9.99. The molecule has 0 spiro atoms. The monoisotopic (exact) mass is 240 g/mol. The number of fused-ring (bicyclic) bond motifs is 1. The third-order valence-electron chi connectivity index (χ3n) is 3.31. The highest BCUT2D eigenvalue weighted by atomic mass is 16.1. The van der Waals surface area contributed by atoms with Gasteiger partial charge in [-0.15, -0.1) is 0 Å². The molecule has 1 nitrogen and oxygen atoms in total. The molecule has 0 fully saturated rings. The maximum Gasteiger partial charge on any atom is 0.132 e. The Kier molecular flexibility index (Phi) is 4.52. The van der Waals surface area contributed by atoms with Gasteiger partial charge in [0, 0.05) is 12.8 Å². The zero-order valence-electron chi connectivity index (χ0n) is 11.0. The van der Waals surface area contributed by atoms with Crippen LogP contribution in [0.25, 0.3) is 10.8 Å². The van der Waals surface area contributed by atoms with Gasteiger partial charge in [0.2, 0.25) is 0 Å². The number of Topliss-reactive ketones (excluding diaryl/α,β-unsaturated/α-hetero) is 1. The molecule has 0 saturated heterocycles. The summed E-state index contributed by atoms with van der Waals surface area (Å²) in [5.74, 6) is 0.401. The molecule has 2 aromatic rings. The molecular formula is C17H20O. The predicted octanol–water partition coefficient (Wildman–Crippen LogP) is 4.53. The van der Waals surface area contributed by atoms with Gasteiger partial charge in [-0.25, -0.2) is 0 Å². The molecule has 94 valence electrons. The minimum atomic E-state index is 0.401. The van der Waals surface area contributed by atoms with Crippen molar-refractivity contribution in [3.8, 4) is 0 Å². The normalized spacial score (nSPS) is 10.7. The average Bonchev–Trinajstić information content (AvgIpc) is 2.39. The van der Waals surface area contributed by atoms with Crippen LogP contribution in [0.1, 0.15) is 38.2 Å². The van der Waals surface area contributed by atoms with Crippen molar-refractivity contribution < 1.29 is 4.79 Å². The number of hydrogen-bond donors (Lipinski definition) is 0. The third kappa shape index (κ3) is 3.19. The van der Waals surface area contributed by atoms with Gasteiger partial charge < -0.3 is 0 Å². The number of hydrogen-bond acceptors (Lipinski definition) is 1. The SMILES string of the molecule is CCCC(=O)CCCc1cccc2ccccc12. The summed E-state index contributed by atoms with van der Waals surface area (Å²) in [6.07, 6.45) is 4.38. The van der Waals surface area contributed by atoms with E-state index in [0.29, 0.717) is 5.78 Å². The van der Waals surface area contributed by atoms with Crippen molar-refractivity contribution in [1.29, 1.82) is 0 Å². The largest absolute Gasteiger partial charge is 0.300 e. The van der Waals surface area contributed by atoms with Crippen molar-refractivity contribution in [3.05, 3.63) is 48.0 Å². The quantitative estimate of drug-likeness (QED) is 0.725. The van der Waals surface area contributed by atoms with E-state index in [0.717, 1.165) is 32.1 Å². The molecule has 0 amide bonds. The summed E-state index contributed by atoms with van der Waals surface area (Å²) in [5, 5.41) is 2.61. The molecular weight excluding hydrogens is 220 g/mol. The number of ketones is 1. The fourth-order valence-corrected chi connectivity index (χ4v) is 2.39. The van der Waals surface area contributed by atoms with Crippen molar-refractivity contribution >= 4 is 16.6 Å². The summed E-state index contributed by atoms with van der Waals surface area (Å²) in [7, 11) is 0. The number of carbonyl (C=O) groups is 1. The molecule has 0 saturated carbocycles. The topological polar surface area (TPSA) is 17.1 Å². The summed E-state index contributed by atoms with van der Waals surface area (Å²) < 4.78 is 0. The smallest absolute Gasteiger partial charge is 0.132 e. The standard InChI is InChI=1S/C17H20O/c1-2-7-16(18)12-6-11-15-10-5-9-14-8-3-4-13-17(14)15/h3-5,8-10,13H,2,6-7,11-12H2,1H3. The first kappa shape index (κ1) is 12.8. The molecule has 0 aliphatic carbocycles. The van der Waals surface area contributed by atoms with E-state index in [1.807, 2.05) is 0 Å². The Labute approximate surface area is 109 Å². The van der Waals surface area contributed by atoms with Crippen molar-refractivity contribution in [2.75, 3.05) is 0 Å². The third-order valence-corrected chi connectivity index (χ3v) is 3.31. The number of carbonyl (C=O) groups excluding carboxylic acids is 1. The fraction of sp³-hybridized carbons (Fsp3) is 0.353. The zero-order chi connectivity index (χ0) is 12.8. The van der Waals surface area contributed by atoms with Gasteiger partial charge in [-0.1, -0.05) is 49.4 Å². The molecule has 0 aliphatic rings. The number of benzene rings is 2. The average molecular weight is 240 g/mol. The van der Waals surface area contributed by atoms with Crippen LogP contribution in [0.4, 0.5) is 0 Å². The molecule has 0 bridgehead atoms. The Morgan fingerprint density at radius 1 is 1.00 bits per heavy atom. The van der Waals surface area contributed by atoms with Crippen molar-refractivity contribution in [2.24, 2.45) is 0 Å². The van der Waals surface area contributed by atoms with E-state index in [9.17, 15) is 4.79 Å². The zero-order valence-corrected chi connectivity index (χ0v) is 11.0. The Balaban J connectivity index is 2.01. The Morgan fingerprint density at radius 2 is 1.78 bits per heavy atom. The summed E-state index contributed by atoms with van der Waals surface area (Å²) in [6.45, 7) is 2.06. The number of rotatable bonds is 6. The molecule has 2 rings (SSSR count). The Morgan fingerprint density at radius 3 is 2.61 bits per heavy atom. The highest BCUT2D eigenvalue weighted by Gasteiger charge is 2.03. The molecule has 0 aliphatic heterocycles. The predicted molar refractivity (Wildman–Crippen MR) is 76.8 cm³/mol. The van der Waals surface area contributed by atoms with Crippen LogP contribution in [-0.2, 0) is 11.2 Å². The van der Waals surface area contributed by atoms with E-state index in [1.165, 1.54) is 16.3 Å². The Hall–Kier alpha value is -1.63. The van der Waals surface area contributed by atoms with Crippen LogP contribution in [0, 0.1) is 0 Å². The molecule has 1 heteroatoms. The summed E-state index contributed by atoms with van der Waals surface area (Å²) in [6, 6.07) is 14.9. The van der Waals surface area contributed by atoms with E-state index in [2.05, 4.69) is 49.4 Å². The van der Waals surface area contributed by atoms with Gasteiger partial charge in [-0.3, -0.25) is 4.79 Å². The number of aryl methyl sites for hydroxylation is 1. The maximum atomic E-state index is 11.5. The molecule has 0 radical (unpaired) electrons. The lowest BCUT2D eigenvalue weighted by Gasteiger charge is -2.06. The minimum Gasteiger partial charge on any atom is -0.300 e. The second-order valence-electron chi connectivity index (χ2n) is 4.78. The minimum absolute atomic E-state index is 0.401. The van der Waals surface area contributed by atoms with Gasteiger partial charge in [0.25, 0.3) is 0 Å². The van der Waals surface area contributed by atoms with Gasteiger partial charge in [0.15, 0.2) is 0 Å². The lowest BCUT2D eigenvalue weighted by Crippen LogP contribution is -1.98. The van der Waals surface area contributed by atoms with Gasteiger partial charge >= 0.3 is 0 Å². The van der Waals surface area contributed by atoms with Crippen LogP contribution in [0.2, 0.25) is 0 Å². The second-order valence-corrected chi connectivity index (χ2v) is 4.78. The molecule has 18 heavy (non-hydrogen) atoms. The van der Waals surface area contributed by atoms with Crippen LogP contribution < -0.4 is 0 Å². The molecule has 0 heterocycles. The second kappa shape index (κ2) is 6.34. The van der Waals surface area contributed by atoms with E-state index < -0.39 is 0 Å². The lowest BCUT2D eigenvalue weighted by molar-refractivity contribution is -0.119. The van der Waals surface area contributed by atoms with Gasteiger partial charge in [-0.05, 0) is 35.6 Å². The molecule has 0 atom stereocenters. The van der Waals surface area contributed by atoms with Crippen LogP contribution in [0.5, 0.6) is 0 Å². The highest BCUT2D eigenvalue weighted by molar-refractivity contribution is 5.85. The molecule has 0 unspecified atom stereocenters. The van der Waals surface area contributed by atoms with E-state index >= 15 is 0 Å². The van der Waals surface area contributed by atoms with Crippen LogP contribution in [0.3, 0.4) is 0 Å². The molecule has 0 N–H and O–H groups in total. The van der Waals surface area contributed by atoms with Crippen molar-refractivity contribution in [1.82, 2.24) is 0 Å². The van der Waals surface area contributed by atoms with Crippen LogP contribution in [-0.4, -0.2) is 5.78 Å². The maximum absolute atomic E-state index is 11.5. The van der Waals surface area contributed by atoms with Crippen molar-refractivity contribution in [2.45, 2.75) is 39.0 Å². The molecule has 0 aromatic heterocycles. The fourth-order valence-electron chi connectivity index (χ4n) is 2.39. The van der Waals surface area contributed by atoms with Gasteiger partial charge in [0.05, 0.1) is 0 Å². The van der Waals surface area contributed by atoms with E-state index in [1.54, 1.807) is 0 Å². The highest BCUT2D eigenvalue weighted by Crippen LogP contribution is 2.20. The summed E-state index contributed by atoms with van der Waals surface area (Å²) in [5.41, 5.74) is 1.36. The first-order valence-electron chi connectivity index (χ1n) is 6.79. The first-order valence-corrected chi connectivity index (χ1v) is 6.79.